The molecule has 3 N–H and O–H groups in total. The molecule has 0 aliphatic carbocycles. The molecule has 4 nitrogen and oxygen atoms in total. The van der Waals surface area contributed by atoms with E-state index in [1.807, 2.05) is 0 Å². The number of hydrogen-bond donors (Lipinski definition) is 3. The maximum Gasteiger partial charge on any atom is 0.335 e. The lowest BCUT2D eigenvalue weighted by atomic mass is 10.2. The lowest BCUT2D eigenvalue weighted by molar-refractivity contribution is 0.0697. The van der Waals surface area contributed by atoms with E-state index in [1.165, 1.54) is 12.1 Å². The summed E-state index contributed by atoms with van der Waals surface area (Å²) in [5, 5.41) is 20.4. The molecular formula is C9H10ClNO3. The second-order valence-corrected chi connectivity index (χ2v) is 3.06. The number of carbonyl (C=O) groups is 1. The molecular weight excluding hydrogens is 206 g/mol. The van der Waals surface area contributed by atoms with E-state index in [0.29, 0.717) is 17.3 Å². The van der Waals surface area contributed by atoms with E-state index in [2.05, 4.69) is 5.32 Å². The Morgan fingerprint density at radius 2 is 2.21 bits per heavy atom. The number of nitrogens with one attached hydrogen (secondary N) is 1. The number of aliphatic hydroxyl groups excluding tert-OH is 1. The van der Waals surface area contributed by atoms with Gasteiger partial charge in [-0.3, -0.25) is 0 Å². The molecule has 1 aromatic carbocycles. The maximum atomic E-state index is 10.6. The van der Waals surface area contributed by atoms with Crippen LogP contribution in [0.15, 0.2) is 18.2 Å². The van der Waals surface area contributed by atoms with Crippen molar-refractivity contribution in [3.63, 3.8) is 0 Å². The van der Waals surface area contributed by atoms with Gasteiger partial charge >= 0.3 is 5.97 Å². The Kier molecular flexibility index (Phi) is 3.73. The highest BCUT2D eigenvalue weighted by Gasteiger charge is 2.05. The Balaban J connectivity index is 2.84. The lowest BCUT2D eigenvalue weighted by Crippen LogP contribution is -2.06. The third-order valence-electron chi connectivity index (χ3n) is 1.64. The number of carboxylic acid groups (broad SMARTS) is 1. The second-order valence-electron chi connectivity index (χ2n) is 2.65. The molecule has 0 aliphatic rings. The fraction of sp³-hybridized carbons (Fsp3) is 0.222. The van der Waals surface area contributed by atoms with E-state index in [-0.39, 0.29) is 12.2 Å². The Hall–Kier alpha value is -1.26. The minimum absolute atomic E-state index is 0.00297. The van der Waals surface area contributed by atoms with Crippen molar-refractivity contribution >= 4 is 23.3 Å². The summed E-state index contributed by atoms with van der Waals surface area (Å²) >= 11 is 5.80. The average Bonchev–Trinajstić information content (AvgIpc) is 2.15. The van der Waals surface area contributed by atoms with Gasteiger partial charge in [-0.25, -0.2) is 4.79 Å². The largest absolute Gasteiger partial charge is 0.478 e. The zero-order valence-electron chi connectivity index (χ0n) is 7.33. The highest BCUT2D eigenvalue weighted by molar-refractivity contribution is 6.33. The monoisotopic (exact) mass is 215 g/mol. The van der Waals surface area contributed by atoms with Crippen LogP contribution in [-0.4, -0.2) is 29.3 Å². The fourth-order valence-corrected chi connectivity index (χ4v) is 1.23. The first-order valence-corrected chi connectivity index (χ1v) is 4.40. The Morgan fingerprint density at radius 3 is 2.71 bits per heavy atom. The number of rotatable bonds is 4. The molecule has 1 aromatic rings. The van der Waals surface area contributed by atoms with Crippen molar-refractivity contribution in [2.45, 2.75) is 0 Å². The molecule has 0 unspecified atom stereocenters. The molecule has 0 saturated heterocycles. The molecule has 1 rings (SSSR count). The third-order valence-corrected chi connectivity index (χ3v) is 1.96. The number of benzene rings is 1. The van der Waals surface area contributed by atoms with Gasteiger partial charge in [-0.2, -0.15) is 0 Å². The van der Waals surface area contributed by atoms with Crippen LogP contribution < -0.4 is 5.32 Å². The van der Waals surface area contributed by atoms with Gasteiger partial charge in [0.05, 0.1) is 22.9 Å². The molecule has 0 fully saturated rings. The first kappa shape index (κ1) is 10.8. The zero-order chi connectivity index (χ0) is 10.6. The summed E-state index contributed by atoms with van der Waals surface area (Å²) in [4.78, 5) is 10.6. The highest BCUT2D eigenvalue weighted by Crippen LogP contribution is 2.22. The summed E-state index contributed by atoms with van der Waals surface area (Å²) < 4.78 is 0. The van der Waals surface area contributed by atoms with Crippen molar-refractivity contribution in [2.24, 2.45) is 0 Å². The van der Waals surface area contributed by atoms with Crippen LogP contribution in [0.3, 0.4) is 0 Å². The standard InChI is InChI=1S/C9H10ClNO3/c10-7-5-6(9(13)14)1-2-8(7)11-3-4-12/h1-2,5,11-12H,3-4H2,(H,13,14). The molecule has 0 atom stereocenters. The van der Waals surface area contributed by atoms with Gasteiger partial charge in [0.15, 0.2) is 0 Å². The fourth-order valence-electron chi connectivity index (χ4n) is 0.982. The van der Waals surface area contributed by atoms with Crippen molar-refractivity contribution in [1.82, 2.24) is 0 Å². The van der Waals surface area contributed by atoms with Gasteiger partial charge in [0, 0.05) is 6.54 Å². The quantitative estimate of drug-likeness (QED) is 0.711. The van der Waals surface area contributed by atoms with Gasteiger partial charge in [0.25, 0.3) is 0 Å². The summed E-state index contributed by atoms with van der Waals surface area (Å²) in [5.41, 5.74) is 0.760. The Bertz CT molecular complexity index is 341. The van der Waals surface area contributed by atoms with Gasteiger partial charge in [0.2, 0.25) is 0 Å². The molecule has 0 radical (unpaired) electrons. The van der Waals surface area contributed by atoms with E-state index < -0.39 is 5.97 Å². The average molecular weight is 216 g/mol. The minimum Gasteiger partial charge on any atom is -0.478 e. The zero-order valence-corrected chi connectivity index (χ0v) is 8.08. The summed E-state index contributed by atoms with van der Waals surface area (Å²) in [6.45, 7) is 0.378. The number of hydrogen-bond acceptors (Lipinski definition) is 3. The van der Waals surface area contributed by atoms with Gasteiger partial charge in [-0.05, 0) is 18.2 Å². The van der Waals surface area contributed by atoms with Crippen LogP contribution >= 0.6 is 11.6 Å². The predicted molar refractivity (Wildman–Crippen MR) is 54.0 cm³/mol. The molecule has 14 heavy (non-hydrogen) atoms. The SMILES string of the molecule is O=C(O)c1ccc(NCCO)c(Cl)c1. The van der Waals surface area contributed by atoms with Crippen LogP contribution in [0.2, 0.25) is 5.02 Å². The van der Waals surface area contributed by atoms with Crippen LogP contribution in [-0.2, 0) is 0 Å². The normalized spacial score (nSPS) is 9.86. The van der Waals surface area contributed by atoms with Crippen LogP contribution in [0.5, 0.6) is 0 Å². The number of aliphatic hydroxyl groups is 1. The molecule has 0 aliphatic heterocycles. The summed E-state index contributed by atoms with van der Waals surface area (Å²) in [7, 11) is 0. The smallest absolute Gasteiger partial charge is 0.335 e. The Morgan fingerprint density at radius 1 is 1.50 bits per heavy atom. The summed E-state index contributed by atoms with van der Waals surface area (Å²) in [5.74, 6) is -1.01. The molecule has 0 saturated carbocycles. The molecule has 0 bridgehead atoms. The Labute approximate surface area is 86.1 Å². The molecule has 0 aromatic heterocycles. The summed E-state index contributed by atoms with van der Waals surface area (Å²) in [6, 6.07) is 4.39. The van der Waals surface area contributed by atoms with Gasteiger partial charge in [-0.1, -0.05) is 11.6 Å². The van der Waals surface area contributed by atoms with Gasteiger partial charge in [-0.15, -0.1) is 0 Å². The van der Waals surface area contributed by atoms with E-state index in [0.717, 1.165) is 0 Å². The summed E-state index contributed by atoms with van der Waals surface area (Å²) in [6.07, 6.45) is 0. The van der Waals surface area contributed by atoms with Crippen LogP contribution in [0.1, 0.15) is 10.4 Å². The van der Waals surface area contributed by atoms with Crippen molar-refractivity contribution in [3.8, 4) is 0 Å². The number of aromatic carboxylic acids is 1. The molecule has 5 heteroatoms. The first-order chi connectivity index (χ1) is 6.65. The van der Waals surface area contributed by atoms with Crippen LogP contribution in [0.25, 0.3) is 0 Å². The van der Waals surface area contributed by atoms with E-state index in [9.17, 15) is 4.79 Å². The van der Waals surface area contributed by atoms with Gasteiger partial charge < -0.3 is 15.5 Å². The van der Waals surface area contributed by atoms with E-state index >= 15 is 0 Å². The number of carboxylic acids is 1. The second kappa shape index (κ2) is 4.83. The van der Waals surface area contributed by atoms with E-state index in [4.69, 9.17) is 21.8 Å². The molecule has 0 heterocycles. The first-order valence-electron chi connectivity index (χ1n) is 4.02. The van der Waals surface area contributed by atoms with Crippen molar-refractivity contribution in [1.29, 1.82) is 0 Å². The van der Waals surface area contributed by atoms with Crippen molar-refractivity contribution in [2.75, 3.05) is 18.5 Å². The van der Waals surface area contributed by atoms with E-state index in [1.54, 1.807) is 6.07 Å². The van der Waals surface area contributed by atoms with Crippen LogP contribution in [0, 0.1) is 0 Å². The topological polar surface area (TPSA) is 69.6 Å². The highest BCUT2D eigenvalue weighted by atomic mass is 35.5. The van der Waals surface area contributed by atoms with Crippen molar-refractivity contribution in [3.05, 3.63) is 28.8 Å². The number of halogens is 1. The lowest BCUT2D eigenvalue weighted by Gasteiger charge is -2.06. The van der Waals surface area contributed by atoms with Crippen molar-refractivity contribution < 1.29 is 15.0 Å². The predicted octanol–water partition coefficient (Wildman–Crippen LogP) is 1.44. The van der Waals surface area contributed by atoms with Crippen LogP contribution in [0.4, 0.5) is 5.69 Å². The van der Waals surface area contributed by atoms with Gasteiger partial charge in [0.1, 0.15) is 0 Å². The molecule has 0 amide bonds. The maximum absolute atomic E-state index is 10.6. The third kappa shape index (κ3) is 2.61. The molecule has 76 valence electrons. The number of anilines is 1. The minimum atomic E-state index is -1.01. The molecule has 0 spiro atoms.